The molecule has 6 heteroatoms. The Kier molecular flexibility index (Phi) is 6.77. The van der Waals surface area contributed by atoms with Crippen molar-refractivity contribution in [3.8, 4) is 0 Å². The molecule has 1 atom stereocenters. The molecule has 1 N–H and O–H groups in total. The first kappa shape index (κ1) is 22.0. The molecule has 1 aliphatic heterocycles. The highest BCUT2D eigenvalue weighted by atomic mass is 32.2. The number of carbonyl (C=O) groups excluding carboxylic acids is 1. The summed E-state index contributed by atoms with van der Waals surface area (Å²) in [5.41, 5.74) is 5.28. The third kappa shape index (κ3) is 5.18. The van der Waals surface area contributed by atoms with Crippen LogP contribution < -0.4 is 5.32 Å². The van der Waals surface area contributed by atoms with E-state index in [2.05, 4.69) is 30.4 Å². The van der Waals surface area contributed by atoms with Crippen LogP contribution in [0.25, 0.3) is 0 Å². The largest absolute Gasteiger partial charge is 0.345 e. The summed E-state index contributed by atoms with van der Waals surface area (Å²) < 4.78 is 26.6. The molecule has 1 heterocycles. The van der Waals surface area contributed by atoms with Crippen molar-refractivity contribution < 1.29 is 13.2 Å². The predicted molar refractivity (Wildman–Crippen MR) is 123 cm³/mol. The summed E-state index contributed by atoms with van der Waals surface area (Å²) >= 11 is 0. The third-order valence-corrected chi connectivity index (χ3v) is 8.36. The molecule has 0 bridgehead atoms. The van der Waals surface area contributed by atoms with E-state index in [4.69, 9.17) is 0 Å². The standard InChI is InChI=1S/C25H32N2O3S/c1-2-24(23-14-13-20-7-3-4-8-22(20)17-23)26-25(28)21-11-9-19(10-12-21)18-31(29,30)27-15-5-6-16-27/h9-14,17,24H,2-8,15-16,18H2,1H3,(H,26,28). The maximum atomic E-state index is 12.8. The summed E-state index contributed by atoms with van der Waals surface area (Å²) in [5, 5.41) is 3.15. The number of rotatable bonds is 7. The van der Waals surface area contributed by atoms with E-state index in [0.29, 0.717) is 24.2 Å². The Labute approximate surface area is 185 Å². The molecule has 4 rings (SSSR count). The van der Waals surface area contributed by atoms with Gasteiger partial charge in [0.25, 0.3) is 5.91 Å². The number of benzene rings is 2. The van der Waals surface area contributed by atoms with E-state index in [1.165, 1.54) is 24.0 Å². The lowest BCUT2D eigenvalue weighted by Crippen LogP contribution is -2.29. The molecule has 31 heavy (non-hydrogen) atoms. The van der Waals surface area contributed by atoms with Crippen molar-refractivity contribution in [2.45, 2.75) is 63.7 Å². The van der Waals surface area contributed by atoms with E-state index >= 15 is 0 Å². The maximum Gasteiger partial charge on any atom is 0.251 e. The van der Waals surface area contributed by atoms with Gasteiger partial charge in [-0.05, 0) is 79.3 Å². The van der Waals surface area contributed by atoms with Crippen molar-refractivity contribution in [1.29, 1.82) is 0 Å². The Balaban J connectivity index is 1.41. The topological polar surface area (TPSA) is 66.5 Å². The van der Waals surface area contributed by atoms with Crippen molar-refractivity contribution >= 4 is 15.9 Å². The fourth-order valence-electron chi connectivity index (χ4n) is 4.65. The molecular formula is C25H32N2O3S. The molecule has 1 fully saturated rings. The minimum absolute atomic E-state index is 0.0123. The van der Waals surface area contributed by atoms with Gasteiger partial charge in [0, 0.05) is 18.7 Å². The SMILES string of the molecule is CCC(NC(=O)c1ccc(CS(=O)(=O)N2CCCC2)cc1)c1ccc2c(c1)CCCC2. The maximum absolute atomic E-state index is 12.8. The first-order valence-corrected chi connectivity index (χ1v) is 13.1. The van der Waals surface area contributed by atoms with Gasteiger partial charge in [0.1, 0.15) is 0 Å². The van der Waals surface area contributed by atoms with Gasteiger partial charge in [0.15, 0.2) is 0 Å². The van der Waals surface area contributed by atoms with Crippen LogP contribution in [0.5, 0.6) is 0 Å². The molecule has 5 nitrogen and oxygen atoms in total. The van der Waals surface area contributed by atoms with Gasteiger partial charge in [-0.2, -0.15) is 0 Å². The zero-order chi connectivity index (χ0) is 21.8. The highest BCUT2D eigenvalue weighted by Gasteiger charge is 2.25. The van der Waals surface area contributed by atoms with E-state index in [-0.39, 0.29) is 17.7 Å². The number of aryl methyl sites for hydroxylation is 2. The van der Waals surface area contributed by atoms with Crippen LogP contribution >= 0.6 is 0 Å². The van der Waals surface area contributed by atoms with Crippen LogP contribution in [0.1, 0.15) is 77.7 Å². The minimum atomic E-state index is -3.28. The lowest BCUT2D eigenvalue weighted by atomic mass is 9.88. The molecule has 0 aromatic heterocycles. The highest BCUT2D eigenvalue weighted by molar-refractivity contribution is 7.88. The Morgan fingerprint density at radius 1 is 0.968 bits per heavy atom. The lowest BCUT2D eigenvalue weighted by Gasteiger charge is -2.22. The van der Waals surface area contributed by atoms with Crippen molar-refractivity contribution in [3.05, 3.63) is 70.3 Å². The molecule has 2 aliphatic rings. The van der Waals surface area contributed by atoms with E-state index < -0.39 is 10.0 Å². The van der Waals surface area contributed by atoms with Gasteiger partial charge in [0.2, 0.25) is 10.0 Å². The summed E-state index contributed by atoms with van der Waals surface area (Å²) in [4.78, 5) is 12.8. The van der Waals surface area contributed by atoms with Crippen LogP contribution in [0.3, 0.4) is 0 Å². The number of carbonyl (C=O) groups is 1. The second kappa shape index (κ2) is 9.53. The highest BCUT2D eigenvalue weighted by Crippen LogP contribution is 2.26. The Bertz CT molecular complexity index is 1030. The van der Waals surface area contributed by atoms with Crippen LogP contribution in [-0.2, 0) is 28.6 Å². The number of hydrogen-bond donors (Lipinski definition) is 1. The van der Waals surface area contributed by atoms with Gasteiger partial charge >= 0.3 is 0 Å². The average Bonchev–Trinajstić information content (AvgIpc) is 3.33. The number of fused-ring (bicyclic) bond motifs is 1. The third-order valence-electron chi connectivity index (χ3n) is 6.51. The van der Waals surface area contributed by atoms with Crippen molar-refractivity contribution in [2.75, 3.05) is 13.1 Å². The summed E-state index contributed by atoms with van der Waals surface area (Å²) in [6, 6.07) is 13.5. The first-order valence-electron chi connectivity index (χ1n) is 11.5. The fraction of sp³-hybridized carbons (Fsp3) is 0.480. The van der Waals surface area contributed by atoms with Gasteiger partial charge in [0.05, 0.1) is 11.8 Å². The molecule has 0 spiro atoms. The van der Waals surface area contributed by atoms with Gasteiger partial charge in [-0.1, -0.05) is 37.3 Å². The number of sulfonamides is 1. The Morgan fingerprint density at radius 2 is 1.65 bits per heavy atom. The van der Waals surface area contributed by atoms with E-state index in [1.54, 1.807) is 28.6 Å². The lowest BCUT2D eigenvalue weighted by molar-refractivity contribution is 0.0935. The molecule has 1 aliphatic carbocycles. The normalized spacial score (nSPS) is 17.8. The Morgan fingerprint density at radius 3 is 2.32 bits per heavy atom. The zero-order valence-corrected chi connectivity index (χ0v) is 19.1. The average molecular weight is 441 g/mol. The number of nitrogens with one attached hydrogen (secondary N) is 1. The monoisotopic (exact) mass is 440 g/mol. The predicted octanol–water partition coefficient (Wildman–Crippen LogP) is 4.37. The van der Waals surface area contributed by atoms with Crippen LogP contribution in [0, 0.1) is 0 Å². The number of nitrogens with zero attached hydrogens (tertiary/aromatic N) is 1. The van der Waals surface area contributed by atoms with Crippen LogP contribution in [0.15, 0.2) is 42.5 Å². The summed E-state index contributed by atoms with van der Waals surface area (Å²) in [6.45, 7) is 3.31. The van der Waals surface area contributed by atoms with Crippen LogP contribution in [-0.4, -0.2) is 31.7 Å². The van der Waals surface area contributed by atoms with E-state index in [9.17, 15) is 13.2 Å². The van der Waals surface area contributed by atoms with Crippen LogP contribution in [0.4, 0.5) is 0 Å². The molecule has 2 aromatic carbocycles. The van der Waals surface area contributed by atoms with Crippen molar-refractivity contribution in [2.24, 2.45) is 0 Å². The minimum Gasteiger partial charge on any atom is -0.345 e. The fourth-order valence-corrected chi connectivity index (χ4v) is 6.26. The second-order valence-corrected chi connectivity index (χ2v) is 10.7. The van der Waals surface area contributed by atoms with Gasteiger partial charge in [-0.25, -0.2) is 12.7 Å². The molecule has 2 aromatic rings. The molecule has 1 saturated heterocycles. The molecule has 0 radical (unpaired) electrons. The quantitative estimate of drug-likeness (QED) is 0.695. The molecule has 1 amide bonds. The summed E-state index contributed by atoms with van der Waals surface area (Å²) in [6.07, 6.45) is 7.45. The number of amides is 1. The molecular weight excluding hydrogens is 408 g/mol. The Hall–Kier alpha value is -2.18. The molecule has 1 unspecified atom stereocenters. The van der Waals surface area contributed by atoms with Gasteiger partial charge < -0.3 is 5.32 Å². The summed E-state index contributed by atoms with van der Waals surface area (Å²) in [5.74, 6) is -0.139. The van der Waals surface area contributed by atoms with Crippen molar-refractivity contribution in [1.82, 2.24) is 9.62 Å². The second-order valence-electron chi connectivity index (χ2n) is 8.73. The smallest absolute Gasteiger partial charge is 0.251 e. The van der Waals surface area contributed by atoms with E-state index in [1.807, 2.05) is 0 Å². The van der Waals surface area contributed by atoms with Gasteiger partial charge in [-0.15, -0.1) is 0 Å². The molecule has 0 saturated carbocycles. The van der Waals surface area contributed by atoms with Crippen molar-refractivity contribution in [3.63, 3.8) is 0 Å². The number of hydrogen-bond acceptors (Lipinski definition) is 3. The molecule has 166 valence electrons. The van der Waals surface area contributed by atoms with E-state index in [0.717, 1.165) is 37.7 Å². The first-order chi connectivity index (χ1) is 15.0. The van der Waals surface area contributed by atoms with Crippen LogP contribution in [0.2, 0.25) is 0 Å². The van der Waals surface area contributed by atoms with Gasteiger partial charge in [-0.3, -0.25) is 4.79 Å². The summed E-state index contributed by atoms with van der Waals surface area (Å²) in [7, 11) is -3.28. The zero-order valence-electron chi connectivity index (χ0n) is 18.3.